The zero-order valence-corrected chi connectivity index (χ0v) is 30.5. The predicted molar refractivity (Wildman–Crippen MR) is 234 cm³/mol. The molecule has 262 valence electrons. The smallest absolute Gasteiger partial charge is 0.135 e. The molecule has 0 saturated carbocycles. The molecule has 0 radical (unpaired) electrons. The van der Waals surface area contributed by atoms with Crippen molar-refractivity contribution in [2.75, 3.05) is 5.32 Å². The Bertz CT molecular complexity index is 2870. The van der Waals surface area contributed by atoms with Crippen LogP contribution in [0.3, 0.4) is 0 Å². The van der Waals surface area contributed by atoms with Crippen LogP contribution in [0.5, 0.6) is 0 Å². The summed E-state index contributed by atoms with van der Waals surface area (Å²) in [4.78, 5) is 0. The van der Waals surface area contributed by atoms with Gasteiger partial charge in [-0.2, -0.15) is 0 Å². The molecule has 1 aliphatic rings. The van der Waals surface area contributed by atoms with E-state index in [-0.39, 0.29) is 0 Å². The molecule has 0 amide bonds. The average molecular weight is 706 g/mol. The number of benzene rings is 8. The van der Waals surface area contributed by atoms with E-state index in [2.05, 4.69) is 188 Å². The van der Waals surface area contributed by atoms with E-state index in [0.29, 0.717) is 0 Å². The van der Waals surface area contributed by atoms with E-state index >= 15 is 0 Å². The first-order valence-corrected chi connectivity index (χ1v) is 18.7. The summed E-state index contributed by atoms with van der Waals surface area (Å²) in [5.74, 6) is 0. The molecular weight excluding hydrogens is 667 g/mol. The number of anilines is 1. The first kappa shape index (κ1) is 33.7. The molecule has 0 unspecified atom stereocenters. The third-order valence-corrected chi connectivity index (χ3v) is 10.4. The van der Waals surface area contributed by atoms with Crippen LogP contribution in [-0.2, 0) is 6.42 Å². The number of rotatable bonds is 7. The fourth-order valence-corrected chi connectivity index (χ4v) is 7.57. The topological polar surface area (TPSA) is 25.2 Å². The first-order valence-electron chi connectivity index (χ1n) is 18.7. The molecule has 0 fully saturated rings. The zero-order valence-electron chi connectivity index (χ0n) is 30.5. The fourth-order valence-electron chi connectivity index (χ4n) is 7.57. The van der Waals surface area contributed by atoms with Gasteiger partial charge in [-0.05, 0) is 121 Å². The van der Waals surface area contributed by atoms with Gasteiger partial charge in [0.1, 0.15) is 11.2 Å². The maximum absolute atomic E-state index is 5.98. The number of nitrogens with one attached hydrogen (secondary N) is 1. The monoisotopic (exact) mass is 705 g/mol. The Balaban J connectivity index is 0.000000206. The summed E-state index contributed by atoms with van der Waals surface area (Å²) in [5, 5.41) is 8.31. The van der Waals surface area contributed by atoms with Crippen molar-refractivity contribution in [1.29, 1.82) is 0 Å². The first-order chi connectivity index (χ1) is 27.2. The zero-order chi connectivity index (χ0) is 37.0. The molecule has 0 bridgehead atoms. The van der Waals surface area contributed by atoms with Crippen LogP contribution in [0.1, 0.15) is 16.7 Å². The van der Waals surface area contributed by atoms with Crippen molar-refractivity contribution < 1.29 is 4.42 Å². The maximum atomic E-state index is 5.98. The normalized spacial score (nSPS) is 12.0. The maximum Gasteiger partial charge on any atom is 0.135 e. The van der Waals surface area contributed by atoms with Gasteiger partial charge in [0.05, 0.1) is 0 Å². The van der Waals surface area contributed by atoms with Crippen LogP contribution in [0.25, 0.3) is 71.7 Å². The Morgan fingerprint density at radius 3 is 2.05 bits per heavy atom. The van der Waals surface area contributed by atoms with Crippen LogP contribution >= 0.6 is 0 Å². The van der Waals surface area contributed by atoms with Gasteiger partial charge in [0, 0.05) is 22.7 Å². The van der Waals surface area contributed by atoms with Crippen LogP contribution in [0.4, 0.5) is 5.69 Å². The summed E-state index contributed by atoms with van der Waals surface area (Å²) in [6, 6.07) is 64.1. The van der Waals surface area contributed by atoms with Crippen LogP contribution in [0.15, 0.2) is 217 Å². The highest BCUT2D eigenvalue weighted by Crippen LogP contribution is 2.38. The standard InChI is InChI=1S/C37H27NO.C16H12/c1-2-7-25(27-12-13-30-22-29-8-3-4-9-32(29)34(30)23-27)20-21-38-31-17-14-26(15-18-31)28-16-19-37-35(24-28)33-10-5-6-11-36(33)39-37;1-2-6-13(7-3-1)16-11-10-14-8-4-5-9-15(14)12-16/h2-21,23-24,38H,1,22H2;1-12H/b21-20-,25-7+;. The lowest BCUT2D eigenvalue weighted by Crippen LogP contribution is -1.89. The van der Waals surface area contributed by atoms with Gasteiger partial charge >= 0.3 is 0 Å². The second-order valence-corrected chi connectivity index (χ2v) is 13.9. The van der Waals surface area contributed by atoms with Gasteiger partial charge in [-0.15, -0.1) is 0 Å². The Hall–Kier alpha value is -7.16. The van der Waals surface area contributed by atoms with Gasteiger partial charge in [0.2, 0.25) is 0 Å². The summed E-state index contributed by atoms with van der Waals surface area (Å²) < 4.78 is 5.98. The van der Waals surface area contributed by atoms with Crippen molar-refractivity contribution in [3.63, 3.8) is 0 Å². The Labute approximate surface area is 322 Å². The third-order valence-electron chi connectivity index (χ3n) is 10.4. The highest BCUT2D eigenvalue weighted by molar-refractivity contribution is 6.06. The second kappa shape index (κ2) is 15.1. The molecular formula is C53H39NO. The predicted octanol–water partition coefficient (Wildman–Crippen LogP) is 14.5. The molecule has 1 N–H and O–H groups in total. The molecule has 9 aromatic rings. The van der Waals surface area contributed by atoms with Crippen LogP contribution in [0, 0.1) is 0 Å². The van der Waals surface area contributed by atoms with Gasteiger partial charge in [0.25, 0.3) is 0 Å². The quantitative estimate of drug-likeness (QED) is 0.167. The summed E-state index contributed by atoms with van der Waals surface area (Å²) in [6.07, 6.45) is 9.01. The average Bonchev–Trinajstić information content (AvgIpc) is 3.82. The van der Waals surface area contributed by atoms with Crippen molar-refractivity contribution >= 4 is 44.0 Å². The minimum atomic E-state index is 0.916. The number of para-hydroxylation sites is 1. The molecule has 55 heavy (non-hydrogen) atoms. The van der Waals surface area contributed by atoms with E-state index in [1.807, 2.05) is 30.5 Å². The Kier molecular flexibility index (Phi) is 9.22. The molecule has 0 atom stereocenters. The molecule has 10 rings (SSSR count). The molecule has 8 aromatic carbocycles. The lowest BCUT2D eigenvalue weighted by Gasteiger charge is -2.08. The Morgan fingerprint density at radius 1 is 0.509 bits per heavy atom. The minimum Gasteiger partial charge on any atom is -0.456 e. The number of hydrogen-bond acceptors (Lipinski definition) is 2. The van der Waals surface area contributed by atoms with E-state index in [0.717, 1.165) is 39.6 Å². The largest absolute Gasteiger partial charge is 0.456 e. The summed E-state index contributed by atoms with van der Waals surface area (Å²) >= 11 is 0. The second-order valence-electron chi connectivity index (χ2n) is 13.9. The van der Waals surface area contributed by atoms with E-state index in [1.165, 1.54) is 60.8 Å². The summed E-state index contributed by atoms with van der Waals surface area (Å²) in [7, 11) is 0. The van der Waals surface area contributed by atoms with E-state index in [1.54, 1.807) is 0 Å². The van der Waals surface area contributed by atoms with Crippen molar-refractivity contribution in [3.05, 3.63) is 230 Å². The van der Waals surface area contributed by atoms with E-state index in [9.17, 15) is 0 Å². The summed E-state index contributed by atoms with van der Waals surface area (Å²) in [6.45, 7) is 3.93. The molecule has 2 nitrogen and oxygen atoms in total. The number of furan rings is 1. The molecule has 1 aromatic heterocycles. The van der Waals surface area contributed by atoms with Crippen LogP contribution < -0.4 is 5.32 Å². The SMILES string of the molecule is C=C/C=C(\C=C/Nc1ccc(-c2ccc3oc4ccccc4c3c2)cc1)c1ccc2c(c1)-c1ccccc1C2.c1ccc(-c2ccc3ccccc3c2)cc1. The van der Waals surface area contributed by atoms with Crippen molar-refractivity contribution in [2.45, 2.75) is 6.42 Å². The lowest BCUT2D eigenvalue weighted by molar-refractivity contribution is 0.669. The van der Waals surface area contributed by atoms with Gasteiger partial charge < -0.3 is 9.73 Å². The fraction of sp³-hybridized carbons (Fsp3) is 0.0189. The molecule has 0 saturated heterocycles. The third kappa shape index (κ3) is 7.02. The van der Waals surface area contributed by atoms with Crippen molar-refractivity contribution in [1.82, 2.24) is 0 Å². The van der Waals surface area contributed by atoms with Gasteiger partial charge in [0.15, 0.2) is 0 Å². The van der Waals surface area contributed by atoms with Crippen LogP contribution in [-0.4, -0.2) is 0 Å². The molecule has 2 heteroatoms. The highest BCUT2D eigenvalue weighted by Gasteiger charge is 2.18. The van der Waals surface area contributed by atoms with E-state index in [4.69, 9.17) is 4.42 Å². The minimum absolute atomic E-state index is 0.916. The van der Waals surface area contributed by atoms with Gasteiger partial charge in [-0.3, -0.25) is 0 Å². The van der Waals surface area contributed by atoms with Gasteiger partial charge in [-0.1, -0.05) is 158 Å². The van der Waals surface area contributed by atoms with E-state index < -0.39 is 0 Å². The molecule has 1 aliphatic carbocycles. The van der Waals surface area contributed by atoms with Crippen LogP contribution in [0.2, 0.25) is 0 Å². The molecule has 0 spiro atoms. The van der Waals surface area contributed by atoms with Crippen molar-refractivity contribution in [3.8, 4) is 33.4 Å². The van der Waals surface area contributed by atoms with Crippen molar-refractivity contribution in [2.24, 2.45) is 0 Å². The highest BCUT2D eigenvalue weighted by atomic mass is 16.3. The molecule has 1 heterocycles. The molecule has 0 aliphatic heterocycles. The lowest BCUT2D eigenvalue weighted by atomic mass is 9.98. The number of allylic oxidation sites excluding steroid dienone is 4. The Morgan fingerprint density at radius 2 is 1.18 bits per heavy atom. The summed E-state index contributed by atoms with van der Waals surface area (Å²) in [5.41, 5.74) is 15.5. The van der Waals surface area contributed by atoms with Gasteiger partial charge in [-0.25, -0.2) is 0 Å². The number of hydrogen-bond donors (Lipinski definition) is 1. The number of fused-ring (bicyclic) bond motifs is 7.